The number of likely N-dealkylation sites (tertiary alicyclic amines) is 1. The maximum absolute atomic E-state index is 12.4. The van der Waals surface area contributed by atoms with Crippen molar-refractivity contribution in [3.63, 3.8) is 0 Å². The van der Waals surface area contributed by atoms with E-state index in [-0.39, 0.29) is 18.1 Å². The van der Waals surface area contributed by atoms with Crippen LogP contribution >= 0.6 is 0 Å². The number of ether oxygens (including phenoxy) is 1. The van der Waals surface area contributed by atoms with Crippen LogP contribution in [0.4, 0.5) is 0 Å². The van der Waals surface area contributed by atoms with E-state index in [1.807, 2.05) is 11.8 Å². The van der Waals surface area contributed by atoms with Gasteiger partial charge in [-0.15, -0.1) is 0 Å². The Bertz CT molecular complexity index is 309. The Morgan fingerprint density at radius 1 is 1.42 bits per heavy atom. The summed E-state index contributed by atoms with van der Waals surface area (Å²) in [5.41, 5.74) is 5.88. The SMILES string of the molecule is CC(N)C1CN(CC(=O)N2CCCCC2C)CCO1. The Hall–Kier alpha value is -0.650. The predicted molar refractivity (Wildman–Crippen MR) is 74.9 cm³/mol. The smallest absolute Gasteiger partial charge is 0.236 e. The van der Waals surface area contributed by atoms with Gasteiger partial charge >= 0.3 is 0 Å². The molecule has 2 heterocycles. The molecule has 0 aliphatic carbocycles. The lowest BCUT2D eigenvalue weighted by atomic mass is 10.0. The summed E-state index contributed by atoms with van der Waals surface area (Å²) in [6.45, 7) is 7.82. The van der Waals surface area contributed by atoms with Gasteiger partial charge in [-0.2, -0.15) is 0 Å². The zero-order chi connectivity index (χ0) is 13.8. The molecule has 3 atom stereocenters. The van der Waals surface area contributed by atoms with Crippen LogP contribution in [0.1, 0.15) is 33.1 Å². The molecule has 2 saturated heterocycles. The number of rotatable bonds is 3. The van der Waals surface area contributed by atoms with Crippen molar-refractivity contribution in [1.29, 1.82) is 0 Å². The maximum atomic E-state index is 12.4. The van der Waals surface area contributed by atoms with E-state index < -0.39 is 0 Å². The lowest BCUT2D eigenvalue weighted by Crippen LogP contribution is -2.53. The first kappa shape index (κ1) is 14.8. The van der Waals surface area contributed by atoms with Crippen molar-refractivity contribution in [1.82, 2.24) is 9.80 Å². The zero-order valence-electron chi connectivity index (χ0n) is 12.2. The van der Waals surface area contributed by atoms with Gasteiger partial charge < -0.3 is 15.4 Å². The molecule has 19 heavy (non-hydrogen) atoms. The van der Waals surface area contributed by atoms with Crippen LogP contribution in [0.25, 0.3) is 0 Å². The van der Waals surface area contributed by atoms with Gasteiger partial charge in [0.25, 0.3) is 0 Å². The molecule has 0 aromatic rings. The van der Waals surface area contributed by atoms with E-state index >= 15 is 0 Å². The van der Waals surface area contributed by atoms with Gasteiger partial charge in [0.15, 0.2) is 0 Å². The highest BCUT2D eigenvalue weighted by Gasteiger charge is 2.28. The molecule has 0 saturated carbocycles. The minimum Gasteiger partial charge on any atom is -0.374 e. The molecule has 0 spiro atoms. The maximum Gasteiger partial charge on any atom is 0.236 e. The molecule has 2 aliphatic rings. The summed E-state index contributed by atoms with van der Waals surface area (Å²) < 4.78 is 5.63. The zero-order valence-corrected chi connectivity index (χ0v) is 12.2. The second-order valence-electron chi connectivity index (χ2n) is 5.94. The topological polar surface area (TPSA) is 58.8 Å². The quantitative estimate of drug-likeness (QED) is 0.807. The number of hydrogen-bond donors (Lipinski definition) is 1. The Morgan fingerprint density at radius 3 is 2.89 bits per heavy atom. The molecule has 3 unspecified atom stereocenters. The normalized spacial score (nSPS) is 31.2. The Morgan fingerprint density at radius 2 is 2.21 bits per heavy atom. The van der Waals surface area contributed by atoms with Gasteiger partial charge in [0.1, 0.15) is 0 Å². The van der Waals surface area contributed by atoms with E-state index in [2.05, 4.69) is 11.8 Å². The molecule has 5 nitrogen and oxygen atoms in total. The van der Waals surface area contributed by atoms with Crippen LogP contribution in [0.15, 0.2) is 0 Å². The van der Waals surface area contributed by atoms with Crippen LogP contribution in [0.5, 0.6) is 0 Å². The van der Waals surface area contributed by atoms with Crippen LogP contribution in [0.3, 0.4) is 0 Å². The first-order chi connectivity index (χ1) is 9.08. The van der Waals surface area contributed by atoms with Crippen molar-refractivity contribution in [3.8, 4) is 0 Å². The van der Waals surface area contributed by atoms with E-state index in [1.165, 1.54) is 6.42 Å². The summed E-state index contributed by atoms with van der Waals surface area (Å²) in [6.07, 6.45) is 3.58. The number of piperidine rings is 1. The summed E-state index contributed by atoms with van der Waals surface area (Å²) in [5.74, 6) is 0.262. The molecule has 0 aromatic carbocycles. The van der Waals surface area contributed by atoms with Crippen molar-refractivity contribution in [2.24, 2.45) is 5.73 Å². The highest BCUT2D eigenvalue weighted by molar-refractivity contribution is 5.78. The molecule has 2 aliphatic heterocycles. The Balaban J connectivity index is 1.84. The number of carbonyl (C=O) groups excluding carboxylic acids is 1. The number of hydrogen-bond acceptors (Lipinski definition) is 4. The first-order valence-electron chi connectivity index (χ1n) is 7.47. The van der Waals surface area contributed by atoms with E-state index in [0.29, 0.717) is 19.2 Å². The lowest BCUT2D eigenvalue weighted by molar-refractivity contribution is -0.137. The van der Waals surface area contributed by atoms with Gasteiger partial charge in [-0.3, -0.25) is 9.69 Å². The van der Waals surface area contributed by atoms with Crippen LogP contribution in [0, 0.1) is 0 Å². The van der Waals surface area contributed by atoms with Gasteiger partial charge in [-0.1, -0.05) is 0 Å². The van der Waals surface area contributed by atoms with Crippen molar-refractivity contribution in [2.75, 3.05) is 32.8 Å². The first-order valence-corrected chi connectivity index (χ1v) is 7.47. The third kappa shape index (κ3) is 3.91. The summed E-state index contributed by atoms with van der Waals surface area (Å²) >= 11 is 0. The summed E-state index contributed by atoms with van der Waals surface area (Å²) in [7, 11) is 0. The third-order valence-electron chi connectivity index (χ3n) is 4.25. The molecule has 5 heteroatoms. The molecule has 2 N–H and O–H groups in total. The minimum atomic E-state index is 0.0202. The average molecular weight is 269 g/mol. The van der Waals surface area contributed by atoms with Gasteiger partial charge in [0.2, 0.25) is 5.91 Å². The molecule has 1 amide bonds. The van der Waals surface area contributed by atoms with Gasteiger partial charge in [0.05, 0.1) is 19.3 Å². The fraction of sp³-hybridized carbons (Fsp3) is 0.929. The van der Waals surface area contributed by atoms with Crippen molar-refractivity contribution < 1.29 is 9.53 Å². The average Bonchev–Trinajstić information content (AvgIpc) is 2.39. The number of nitrogens with two attached hydrogens (primary N) is 1. The summed E-state index contributed by atoms with van der Waals surface area (Å²) in [4.78, 5) is 16.6. The second-order valence-corrected chi connectivity index (χ2v) is 5.94. The summed E-state index contributed by atoms with van der Waals surface area (Å²) in [6, 6.07) is 0.415. The molecular weight excluding hydrogens is 242 g/mol. The third-order valence-corrected chi connectivity index (χ3v) is 4.25. The molecule has 2 rings (SSSR count). The largest absolute Gasteiger partial charge is 0.374 e. The Labute approximate surface area is 116 Å². The molecule has 2 fully saturated rings. The number of nitrogens with zero attached hydrogens (tertiary/aromatic N) is 2. The fourth-order valence-corrected chi connectivity index (χ4v) is 2.94. The van der Waals surface area contributed by atoms with Gasteiger partial charge in [-0.05, 0) is 33.1 Å². The monoisotopic (exact) mass is 269 g/mol. The van der Waals surface area contributed by atoms with Crippen LogP contribution in [-0.4, -0.2) is 66.7 Å². The van der Waals surface area contributed by atoms with Gasteiger partial charge in [-0.25, -0.2) is 0 Å². The van der Waals surface area contributed by atoms with E-state index in [4.69, 9.17) is 10.5 Å². The lowest BCUT2D eigenvalue weighted by Gasteiger charge is -2.38. The number of morpholine rings is 1. The molecule has 110 valence electrons. The molecule has 0 radical (unpaired) electrons. The fourth-order valence-electron chi connectivity index (χ4n) is 2.94. The van der Waals surface area contributed by atoms with Crippen molar-refractivity contribution >= 4 is 5.91 Å². The molecular formula is C14H27N3O2. The highest BCUT2D eigenvalue weighted by atomic mass is 16.5. The molecule has 0 bridgehead atoms. The van der Waals surface area contributed by atoms with E-state index in [9.17, 15) is 4.79 Å². The van der Waals surface area contributed by atoms with Crippen LogP contribution < -0.4 is 5.73 Å². The number of amides is 1. The van der Waals surface area contributed by atoms with Crippen molar-refractivity contribution in [2.45, 2.75) is 51.3 Å². The predicted octanol–water partition coefficient (Wildman–Crippen LogP) is 0.435. The van der Waals surface area contributed by atoms with Crippen molar-refractivity contribution in [3.05, 3.63) is 0 Å². The van der Waals surface area contributed by atoms with Crippen LogP contribution in [-0.2, 0) is 9.53 Å². The highest BCUT2D eigenvalue weighted by Crippen LogP contribution is 2.17. The van der Waals surface area contributed by atoms with E-state index in [1.54, 1.807) is 0 Å². The van der Waals surface area contributed by atoms with Crippen LogP contribution in [0.2, 0.25) is 0 Å². The van der Waals surface area contributed by atoms with E-state index in [0.717, 1.165) is 32.5 Å². The van der Waals surface area contributed by atoms with Gasteiger partial charge in [0, 0.05) is 31.7 Å². The second kappa shape index (κ2) is 6.68. The molecule has 0 aromatic heterocycles. The Kier molecular flexibility index (Phi) is 5.19. The number of carbonyl (C=O) groups is 1. The summed E-state index contributed by atoms with van der Waals surface area (Å²) in [5, 5.41) is 0. The standard InChI is InChI=1S/C14H27N3O2/c1-11-5-3-4-6-17(11)14(18)10-16-7-8-19-13(9-16)12(2)15/h11-13H,3-10,15H2,1-2H3. The minimum absolute atomic E-state index is 0.0202.